The molecule has 1 aromatic carbocycles. The summed E-state index contributed by atoms with van der Waals surface area (Å²) in [5.41, 5.74) is 4.87. The molecule has 0 spiro atoms. The maximum absolute atomic E-state index is 12.9. The van der Waals surface area contributed by atoms with Crippen molar-refractivity contribution in [1.82, 2.24) is 5.32 Å². The minimum atomic E-state index is -4.63. The van der Waals surface area contributed by atoms with Crippen LogP contribution < -0.4 is 11.1 Å². The van der Waals surface area contributed by atoms with E-state index in [9.17, 15) is 21.6 Å². The van der Waals surface area contributed by atoms with E-state index in [1.165, 1.54) is 6.07 Å². The molecular weight excluding hydrogens is 343 g/mol. The van der Waals surface area contributed by atoms with Crippen LogP contribution in [0.15, 0.2) is 28.1 Å². The van der Waals surface area contributed by atoms with Crippen molar-refractivity contribution in [2.45, 2.75) is 49.3 Å². The molecule has 0 aromatic heterocycles. The number of hydrogen-bond donors (Lipinski definition) is 2. The van der Waals surface area contributed by atoms with E-state index in [2.05, 4.69) is 10.3 Å². The highest BCUT2D eigenvalue weighted by Gasteiger charge is 2.32. The third kappa shape index (κ3) is 5.12. The summed E-state index contributed by atoms with van der Waals surface area (Å²) in [7, 11) is -3.76. The fourth-order valence-electron chi connectivity index (χ4n) is 2.63. The third-order valence-electron chi connectivity index (χ3n) is 3.86. The summed E-state index contributed by atoms with van der Waals surface area (Å²) in [5, 5.41) is 3.03. The van der Waals surface area contributed by atoms with Gasteiger partial charge in [-0.25, -0.2) is 13.4 Å². The highest BCUT2D eigenvalue weighted by molar-refractivity contribution is 7.90. The maximum atomic E-state index is 12.9. The average molecular weight is 363 g/mol. The molecule has 0 amide bonds. The number of benzene rings is 1. The number of rotatable bonds is 4. The van der Waals surface area contributed by atoms with Crippen LogP contribution in [0.2, 0.25) is 0 Å². The van der Waals surface area contributed by atoms with Crippen molar-refractivity contribution in [1.29, 1.82) is 0 Å². The highest BCUT2D eigenvalue weighted by Crippen LogP contribution is 2.32. The predicted molar refractivity (Wildman–Crippen MR) is 85.3 cm³/mol. The van der Waals surface area contributed by atoms with Gasteiger partial charge in [0, 0.05) is 12.3 Å². The van der Waals surface area contributed by atoms with Gasteiger partial charge in [-0.15, -0.1) is 0 Å². The Morgan fingerprint density at radius 3 is 2.46 bits per heavy atom. The number of alkyl halides is 3. The summed E-state index contributed by atoms with van der Waals surface area (Å²) >= 11 is 0. The van der Waals surface area contributed by atoms with E-state index in [-0.39, 0.29) is 29.0 Å². The van der Waals surface area contributed by atoms with Crippen molar-refractivity contribution in [2.75, 3.05) is 6.26 Å². The van der Waals surface area contributed by atoms with Gasteiger partial charge >= 0.3 is 6.18 Å². The second-order valence-corrected chi connectivity index (χ2v) is 7.98. The van der Waals surface area contributed by atoms with Crippen molar-refractivity contribution >= 4 is 15.8 Å². The van der Waals surface area contributed by atoms with Crippen LogP contribution in [0.1, 0.15) is 36.8 Å². The number of hydrogen-bond acceptors (Lipinski definition) is 3. The van der Waals surface area contributed by atoms with Gasteiger partial charge in [-0.2, -0.15) is 13.2 Å². The molecule has 0 radical (unpaired) electrons. The standard InChI is InChI=1S/C15H20F3N3O2S/c1-24(22,23)13-7-10(6-11(8-13)15(16,17)18)9-20-14(19)21-12-4-2-3-5-12/h6-8,12H,2-5,9H2,1H3,(H3,19,20,21). The Morgan fingerprint density at radius 1 is 1.29 bits per heavy atom. The monoisotopic (exact) mass is 363 g/mol. The number of halogens is 3. The Hall–Kier alpha value is -1.77. The van der Waals surface area contributed by atoms with Gasteiger partial charge in [0.15, 0.2) is 15.8 Å². The van der Waals surface area contributed by atoms with Gasteiger partial charge in [0.2, 0.25) is 0 Å². The molecular formula is C15H20F3N3O2S. The van der Waals surface area contributed by atoms with E-state index in [0.717, 1.165) is 38.0 Å². The van der Waals surface area contributed by atoms with Crippen molar-refractivity contribution in [2.24, 2.45) is 10.7 Å². The van der Waals surface area contributed by atoms with Crippen LogP contribution in [0.4, 0.5) is 13.2 Å². The van der Waals surface area contributed by atoms with E-state index >= 15 is 0 Å². The quantitative estimate of drug-likeness (QED) is 0.636. The third-order valence-corrected chi connectivity index (χ3v) is 4.95. The van der Waals surface area contributed by atoms with Gasteiger partial charge in [0.1, 0.15) is 0 Å². The number of nitrogens with one attached hydrogen (secondary N) is 1. The lowest BCUT2D eigenvalue weighted by molar-refractivity contribution is -0.137. The highest BCUT2D eigenvalue weighted by atomic mass is 32.2. The molecule has 0 heterocycles. The predicted octanol–water partition coefficient (Wildman–Crippen LogP) is 2.46. The van der Waals surface area contributed by atoms with E-state index in [1.807, 2.05) is 0 Å². The van der Waals surface area contributed by atoms with Crippen molar-refractivity contribution < 1.29 is 21.6 Å². The minimum absolute atomic E-state index is 0.127. The molecule has 0 saturated heterocycles. The first-order valence-electron chi connectivity index (χ1n) is 7.53. The molecule has 24 heavy (non-hydrogen) atoms. The van der Waals surface area contributed by atoms with Crippen LogP contribution in [-0.4, -0.2) is 26.7 Å². The van der Waals surface area contributed by atoms with Crippen LogP contribution >= 0.6 is 0 Å². The molecule has 1 aromatic rings. The van der Waals surface area contributed by atoms with Crippen molar-refractivity contribution in [3.63, 3.8) is 0 Å². The first-order chi connectivity index (χ1) is 11.1. The summed E-state index contributed by atoms with van der Waals surface area (Å²) < 4.78 is 62.0. The van der Waals surface area contributed by atoms with E-state index < -0.39 is 21.6 Å². The minimum Gasteiger partial charge on any atom is -0.370 e. The number of sulfone groups is 1. The SMILES string of the molecule is CS(=O)(=O)c1cc(CN=C(N)NC2CCCC2)cc(C(F)(F)F)c1. The summed E-state index contributed by atoms with van der Waals surface area (Å²) in [6, 6.07) is 2.95. The first kappa shape index (κ1) is 18.6. The Kier molecular flexibility index (Phi) is 5.42. The Bertz CT molecular complexity index is 724. The molecule has 1 aliphatic rings. The summed E-state index contributed by atoms with van der Waals surface area (Å²) in [6.45, 7) is -0.127. The number of guanidine groups is 1. The van der Waals surface area contributed by atoms with Crippen LogP contribution in [0, 0.1) is 0 Å². The summed E-state index contributed by atoms with van der Waals surface area (Å²) in [4.78, 5) is 3.64. The van der Waals surface area contributed by atoms with E-state index in [0.29, 0.717) is 6.07 Å². The zero-order valence-electron chi connectivity index (χ0n) is 13.2. The Labute approximate surface area is 139 Å². The summed E-state index contributed by atoms with van der Waals surface area (Å²) in [6.07, 6.45) is 0.418. The molecule has 3 N–H and O–H groups in total. The van der Waals surface area contributed by atoms with Gasteiger partial charge in [-0.05, 0) is 36.6 Å². The fourth-order valence-corrected chi connectivity index (χ4v) is 3.34. The van der Waals surface area contributed by atoms with Gasteiger partial charge in [-0.1, -0.05) is 12.8 Å². The van der Waals surface area contributed by atoms with Crippen molar-refractivity contribution in [3.05, 3.63) is 29.3 Å². The summed E-state index contributed by atoms with van der Waals surface area (Å²) in [5.74, 6) is 0.153. The van der Waals surface area contributed by atoms with E-state index in [1.54, 1.807) is 0 Å². The number of nitrogens with two attached hydrogens (primary N) is 1. The van der Waals surface area contributed by atoms with Crippen LogP contribution in [0.25, 0.3) is 0 Å². The Balaban J connectivity index is 2.22. The second-order valence-electron chi connectivity index (χ2n) is 5.96. The van der Waals surface area contributed by atoms with Gasteiger partial charge in [0.05, 0.1) is 17.0 Å². The molecule has 9 heteroatoms. The van der Waals surface area contributed by atoms with E-state index in [4.69, 9.17) is 5.73 Å². The van der Waals surface area contributed by atoms with Crippen molar-refractivity contribution in [3.8, 4) is 0 Å². The molecule has 1 saturated carbocycles. The van der Waals surface area contributed by atoms with Gasteiger partial charge in [-0.3, -0.25) is 0 Å². The zero-order chi connectivity index (χ0) is 18.0. The van der Waals surface area contributed by atoms with Crippen LogP contribution in [0.3, 0.4) is 0 Å². The number of nitrogens with zero attached hydrogens (tertiary/aromatic N) is 1. The lowest BCUT2D eigenvalue weighted by Crippen LogP contribution is -2.38. The largest absolute Gasteiger partial charge is 0.416 e. The number of aliphatic imine (C=N–C) groups is 1. The molecule has 0 aliphatic heterocycles. The average Bonchev–Trinajstić information content (AvgIpc) is 2.96. The molecule has 1 aliphatic carbocycles. The fraction of sp³-hybridized carbons (Fsp3) is 0.533. The second kappa shape index (κ2) is 7.00. The maximum Gasteiger partial charge on any atom is 0.416 e. The molecule has 5 nitrogen and oxygen atoms in total. The topological polar surface area (TPSA) is 84.5 Å². The molecule has 2 rings (SSSR count). The normalized spacial score (nSPS) is 17.2. The Morgan fingerprint density at radius 2 is 1.92 bits per heavy atom. The first-order valence-corrected chi connectivity index (χ1v) is 9.42. The van der Waals surface area contributed by atoms with Crippen LogP contribution in [0.5, 0.6) is 0 Å². The smallest absolute Gasteiger partial charge is 0.370 e. The van der Waals surface area contributed by atoms with Crippen LogP contribution in [-0.2, 0) is 22.6 Å². The zero-order valence-corrected chi connectivity index (χ0v) is 14.0. The van der Waals surface area contributed by atoms with Gasteiger partial charge < -0.3 is 11.1 Å². The molecule has 0 unspecified atom stereocenters. The lowest BCUT2D eigenvalue weighted by atomic mass is 10.1. The van der Waals surface area contributed by atoms with Gasteiger partial charge in [0.25, 0.3) is 0 Å². The molecule has 1 fully saturated rings. The molecule has 0 atom stereocenters. The molecule has 134 valence electrons. The molecule has 0 bridgehead atoms. The lowest BCUT2D eigenvalue weighted by Gasteiger charge is -2.13.